The van der Waals surface area contributed by atoms with Gasteiger partial charge in [-0.05, 0) is 12.3 Å². The minimum atomic E-state index is -1.57. The molecule has 2 amide bonds. The third-order valence-corrected chi connectivity index (χ3v) is 3.21. The van der Waals surface area contributed by atoms with Crippen LogP contribution in [0.2, 0.25) is 0 Å². The Morgan fingerprint density at radius 1 is 1.56 bits per heavy atom. The van der Waals surface area contributed by atoms with Crippen molar-refractivity contribution in [2.45, 2.75) is 25.6 Å². The molecule has 1 rings (SSSR count). The Morgan fingerprint density at radius 2 is 2.22 bits per heavy atom. The minimum absolute atomic E-state index is 0.00565. The monoisotopic (exact) mass is 260 g/mol. The zero-order valence-electron chi connectivity index (χ0n) is 10.6. The van der Waals surface area contributed by atoms with E-state index in [1.165, 1.54) is 0 Å². The molecule has 7 heteroatoms. The Bertz CT molecular complexity index is 310. The van der Waals surface area contributed by atoms with Crippen molar-refractivity contribution >= 4 is 12.0 Å². The summed E-state index contributed by atoms with van der Waals surface area (Å²) in [7, 11) is 1.61. The summed E-state index contributed by atoms with van der Waals surface area (Å²) in [6.07, 6.45) is -0.738. The first-order valence-electron chi connectivity index (χ1n) is 5.92. The van der Waals surface area contributed by atoms with Crippen LogP contribution in [-0.4, -0.2) is 66.1 Å². The first kappa shape index (κ1) is 14.7. The SMILES string of the molecule is COC1CN(C(=O)NC[C@H](O)C(=O)O)CCC1C. The molecule has 104 valence electrons. The summed E-state index contributed by atoms with van der Waals surface area (Å²) in [5.41, 5.74) is 0. The van der Waals surface area contributed by atoms with Gasteiger partial charge in [-0.3, -0.25) is 0 Å². The molecule has 3 atom stereocenters. The highest BCUT2D eigenvalue weighted by atomic mass is 16.5. The molecule has 0 saturated carbocycles. The largest absolute Gasteiger partial charge is 0.479 e. The normalized spacial score (nSPS) is 25.6. The zero-order valence-corrected chi connectivity index (χ0v) is 10.6. The van der Waals surface area contributed by atoms with E-state index < -0.39 is 12.1 Å². The molecule has 1 saturated heterocycles. The van der Waals surface area contributed by atoms with Crippen LogP contribution < -0.4 is 5.32 Å². The van der Waals surface area contributed by atoms with E-state index in [4.69, 9.17) is 14.9 Å². The number of carbonyl (C=O) groups excluding carboxylic acids is 1. The molecule has 0 aromatic carbocycles. The van der Waals surface area contributed by atoms with Crippen LogP contribution in [0.4, 0.5) is 4.79 Å². The van der Waals surface area contributed by atoms with Gasteiger partial charge in [0.05, 0.1) is 12.6 Å². The van der Waals surface area contributed by atoms with E-state index in [9.17, 15) is 9.59 Å². The van der Waals surface area contributed by atoms with Crippen molar-refractivity contribution < 1.29 is 24.5 Å². The number of aliphatic carboxylic acids is 1. The number of hydrogen-bond acceptors (Lipinski definition) is 4. The molecule has 0 aliphatic carbocycles. The fourth-order valence-corrected chi connectivity index (χ4v) is 1.91. The lowest BCUT2D eigenvalue weighted by Gasteiger charge is -2.36. The molecule has 1 heterocycles. The zero-order chi connectivity index (χ0) is 13.7. The molecule has 0 bridgehead atoms. The molecule has 2 unspecified atom stereocenters. The predicted octanol–water partition coefficient (Wildman–Crippen LogP) is -0.502. The van der Waals surface area contributed by atoms with Gasteiger partial charge in [0.15, 0.2) is 6.10 Å². The van der Waals surface area contributed by atoms with Crippen LogP contribution in [-0.2, 0) is 9.53 Å². The minimum Gasteiger partial charge on any atom is -0.479 e. The Morgan fingerprint density at radius 3 is 2.78 bits per heavy atom. The maximum atomic E-state index is 11.7. The lowest BCUT2D eigenvalue weighted by Crippen LogP contribution is -2.51. The Labute approximate surface area is 106 Å². The van der Waals surface area contributed by atoms with Gasteiger partial charge in [-0.1, -0.05) is 6.92 Å². The average Bonchev–Trinajstić information content (AvgIpc) is 2.35. The first-order valence-corrected chi connectivity index (χ1v) is 5.92. The molecule has 7 nitrogen and oxygen atoms in total. The molecule has 0 radical (unpaired) electrons. The van der Waals surface area contributed by atoms with Gasteiger partial charge >= 0.3 is 12.0 Å². The summed E-state index contributed by atoms with van der Waals surface area (Å²) < 4.78 is 5.28. The number of carboxylic acids is 1. The molecule has 0 aromatic heterocycles. The number of likely N-dealkylation sites (tertiary alicyclic amines) is 1. The van der Waals surface area contributed by atoms with Crippen molar-refractivity contribution in [2.75, 3.05) is 26.7 Å². The van der Waals surface area contributed by atoms with Crippen molar-refractivity contribution in [1.82, 2.24) is 10.2 Å². The second-order valence-corrected chi connectivity index (χ2v) is 4.53. The molecule has 3 N–H and O–H groups in total. The van der Waals surface area contributed by atoms with E-state index in [0.717, 1.165) is 6.42 Å². The van der Waals surface area contributed by atoms with Crippen molar-refractivity contribution in [1.29, 1.82) is 0 Å². The van der Waals surface area contributed by atoms with E-state index in [1.54, 1.807) is 12.0 Å². The van der Waals surface area contributed by atoms with Gasteiger partial charge in [-0.2, -0.15) is 0 Å². The van der Waals surface area contributed by atoms with E-state index in [0.29, 0.717) is 19.0 Å². The van der Waals surface area contributed by atoms with Gasteiger partial charge in [0.1, 0.15) is 0 Å². The number of aliphatic hydroxyl groups is 1. The van der Waals surface area contributed by atoms with Crippen molar-refractivity contribution in [3.05, 3.63) is 0 Å². The number of amides is 2. The molecular formula is C11H20N2O5. The summed E-state index contributed by atoms with van der Waals surface area (Å²) >= 11 is 0. The van der Waals surface area contributed by atoms with Crippen LogP contribution in [0.3, 0.4) is 0 Å². The number of rotatable bonds is 4. The number of nitrogens with zero attached hydrogens (tertiary/aromatic N) is 1. The maximum absolute atomic E-state index is 11.7. The Balaban J connectivity index is 2.40. The van der Waals surface area contributed by atoms with Gasteiger partial charge in [0.25, 0.3) is 0 Å². The fourth-order valence-electron chi connectivity index (χ4n) is 1.91. The molecule has 0 spiro atoms. The number of methoxy groups -OCH3 is 1. The van der Waals surface area contributed by atoms with Crippen LogP contribution in [0.15, 0.2) is 0 Å². The van der Waals surface area contributed by atoms with Crippen molar-refractivity contribution in [3.8, 4) is 0 Å². The van der Waals surface area contributed by atoms with E-state index >= 15 is 0 Å². The van der Waals surface area contributed by atoms with Crippen LogP contribution in [0, 0.1) is 5.92 Å². The molecule has 1 aliphatic heterocycles. The highest BCUT2D eigenvalue weighted by molar-refractivity contribution is 5.76. The number of aliphatic hydroxyl groups excluding tert-OH is 1. The molecule has 1 aliphatic rings. The van der Waals surface area contributed by atoms with Gasteiger partial charge < -0.3 is 25.2 Å². The van der Waals surface area contributed by atoms with Crippen LogP contribution in [0.25, 0.3) is 0 Å². The maximum Gasteiger partial charge on any atom is 0.334 e. The third-order valence-electron chi connectivity index (χ3n) is 3.21. The van der Waals surface area contributed by atoms with Gasteiger partial charge in [-0.15, -0.1) is 0 Å². The summed E-state index contributed by atoms with van der Waals surface area (Å²) in [4.78, 5) is 23.7. The average molecular weight is 260 g/mol. The summed E-state index contributed by atoms with van der Waals surface area (Å²) in [5, 5.41) is 19.9. The van der Waals surface area contributed by atoms with Crippen LogP contribution in [0.5, 0.6) is 0 Å². The third kappa shape index (κ3) is 3.85. The number of piperidine rings is 1. The molecule has 0 aromatic rings. The predicted molar refractivity (Wildman–Crippen MR) is 63.2 cm³/mol. The van der Waals surface area contributed by atoms with Crippen LogP contribution in [0.1, 0.15) is 13.3 Å². The molecule has 1 fully saturated rings. The standard InChI is InChI=1S/C11H20N2O5/c1-7-3-4-13(6-9(7)18-2)11(17)12-5-8(14)10(15)16/h7-9,14H,3-6H2,1-2H3,(H,12,17)(H,15,16)/t7?,8-,9?/m0/s1. The summed E-state index contributed by atoms with van der Waals surface area (Å²) in [5.74, 6) is -0.957. The highest BCUT2D eigenvalue weighted by Gasteiger charge is 2.29. The summed E-state index contributed by atoms with van der Waals surface area (Å²) in [6.45, 7) is 2.86. The summed E-state index contributed by atoms with van der Waals surface area (Å²) in [6, 6.07) is -0.371. The lowest BCUT2D eigenvalue weighted by atomic mass is 9.96. The smallest absolute Gasteiger partial charge is 0.334 e. The van der Waals surface area contributed by atoms with Gasteiger partial charge in [0.2, 0.25) is 0 Å². The Hall–Kier alpha value is -1.34. The number of carboxylic acid groups (broad SMARTS) is 1. The quantitative estimate of drug-likeness (QED) is 0.633. The number of nitrogens with one attached hydrogen (secondary N) is 1. The number of urea groups is 1. The molecular weight excluding hydrogens is 240 g/mol. The second-order valence-electron chi connectivity index (χ2n) is 4.53. The van der Waals surface area contributed by atoms with Gasteiger partial charge in [-0.25, -0.2) is 9.59 Å². The van der Waals surface area contributed by atoms with Crippen molar-refractivity contribution in [2.24, 2.45) is 5.92 Å². The number of ether oxygens (including phenoxy) is 1. The highest BCUT2D eigenvalue weighted by Crippen LogP contribution is 2.19. The topological polar surface area (TPSA) is 99.1 Å². The van der Waals surface area contributed by atoms with Crippen LogP contribution >= 0.6 is 0 Å². The van der Waals surface area contributed by atoms with E-state index in [-0.39, 0.29) is 18.7 Å². The number of carbonyl (C=O) groups is 2. The van der Waals surface area contributed by atoms with Gasteiger partial charge in [0, 0.05) is 20.2 Å². The molecule has 18 heavy (non-hydrogen) atoms. The second kappa shape index (κ2) is 6.55. The number of hydrogen-bond donors (Lipinski definition) is 3. The van der Waals surface area contributed by atoms with Crippen molar-refractivity contribution in [3.63, 3.8) is 0 Å². The van der Waals surface area contributed by atoms with E-state index in [2.05, 4.69) is 12.2 Å². The lowest BCUT2D eigenvalue weighted by molar-refractivity contribution is -0.146. The first-order chi connectivity index (χ1) is 8.45. The Kier molecular flexibility index (Phi) is 5.36. The van der Waals surface area contributed by atoms with E-state index in [1.807, 2.05) is 0 Å². The fraction of sp³-hybridized carbons (Fsp3) is 0.818.